The van der Waals surface area contributed by atoms with E-state index in [2.05, 4.69) is 10.6 Å². The highest BCUT2D eigenvalue weighted by molar-refractivity contribution is 4.96. The van der Waals surface area contributed by atoms with Crippen molar-refractivity contribution in [2.24, 2.45) is 17.8 Å². The number of rotatable bonds is 7. The van der Waals surface area contributed by atoms with Crippen molar-refractivity contribution in [3.05, 3.63) is 0 Å². The van der Waals surface area contributed by atoms with Crippen LogP contribution < -0.4 is 10.6 Å². The Bertz CT molecular complexity index is 215. The molecule has 1 heterocycles. The molecule has 3 fully saturated rings. The first-order valence-electron chi connectivity index (χ1n) is 7.87. The Kier molecular flexibility index (Phi) is 4.02. The summed E-state index contributed by atoms with van der Waals surface area (Å²) in [6, 6.07) is 0.902. The minimum atomic E-state index is 0.902. The highest BCUT2D eigenvalue weighted by Gasteiger charge is 2.40. The highest BCUT2D eigenvalue weighted by atomic mass is 14.9. The fourth-order valence-corrected chi connectivity index (χ4v) is 3.46. The van der Waals surface area contributed by atoms with Gasteiger partial charge in [-0.2, -0.15) is 0 Å². The number of hydrogen-bond acceptors (Lipinski definition) is 2. The first-order valence-corrected chi connectivity index (χ1v) is 7.87. The molecule has 1 aliphatic heterocycles. The standard InChI is InChI=1S/C15H28N2/c1-3-12(11-16-9-1)4-2-10-17-15(13-5-6-13)14-7-8-14/h12-17H,1-11H2. The summed E-state index contributed by atoms with van der Waals surface area (Å²) in [5.41, 5.74) is 0. The average Bonchev–Trinajstić information content (AvgIpc) is 3.24. The van der Waals surface area contributed by atoms with Crippen molar-refractivity contribution < 1.29 is 0 Å². The maximum Gasteiger partial charge on any atom is 0.0124 e. The minimum absolute atomic E-state index is 0.902. The van der Waals surface area contributed by atoms with Gasteiger partial charge in [-0.3, -0.25) is 0 Å². The molecule has 17 heavy (non-hydrogen) atoms. The smallest absolute Gasteiger partial charge is 0.0124 e. The van der Waals surface area contributed by atoms with Crippen molar-refractivity contribution in [1.29, 1.82) is 0 Å². The predicted molar refractivity (Wildman–Crippen MR) is 72.1 cm³/mol. The van der Waals surface area contributed by atoms with Crippen molar-refractivity contribution in [2.45, 2.75) is 57.4 Å². The molecule has 2 nitrogen and oxygen atoms in total. The molecular formula is C15H28N2. The third-order valence-corrected chi connectivity index (χ3v) is 4.83. The molecule has 2 N–H and O–H groups in total. The zero-order valence-corrected chi connectivity index (χ0v) is 11.1. The molecule has 0 aromatic heterocycles. The Hall–Kier alpha value is -0.0800. The summed E-state index contributed by atoms with van der Waals surface area (Å²) in [4.78, 5) is 0. The van der Waals surface area contributed by atoms with Gasteiger partial charge in [-0.1, -0.05) is 0 Å². The van der Waals surface area contributed by atoms with E-state index in [0.717, 1.165) is 23.8 Å². The SMILES string of the molecule is C1CNCC(CCCNC(C2CC2)C2CC2)C1. The Morgan fingerprint density at radius 1 is 1.06 bits per heavy atom. The second-order valence-corrected chi connectivity index (χ2v) is 6.51. The quantitative estimate of drug-likeness (QED) is 0.664. The van der Waals surface area contributed by atoms with Crippen LogP contribution in [-0.4, -0.2) is 25.7 Å². The van der Waals surface area contributed by atoms with Crippen molar-refractivity contribution >= 4 is 0 Å². The molecule has 0 amide bonds. The van der Waals surface area contributed by atoms with Crippen LogP contribution in [0.2, 0.25) is 0 Å². The van der Waals surface area contributed by atoms with Gasteiger partial charge in [0.1, 0.15) is 0 Å². The minimum Gasteiger partial charge on any atom is -0.316 e. The first kappa shape index (κ1) is 12.0. The molecule has 2 heteroatoms. The summed E-state index contributed by atoms with van der Waals surface area (Å²) in [7, 11) is 0. The van der Waals surface area contributed by atoms with Crippen molar-refractivity contribution in [2.75, 3.05) is 19.6 Å². The maximum atomic E-state index is 3.86. The highest BCUT2D eigenvalue weighted by Crippen LogP contribution is 2.44. The molecule has 0 spiro atoms. The summed E-state index contributed by atoms with van der Waals surface area (Å²) in [5.74, 6) is 3.07. The van der Waals surface area contributed by atoms with E-state index in [4.69, 9.17) is 0 Å². The molecule has 1 saturated heterocycles. The van der Waals surface area contributed by atoms with Crippen LogP contribution in [0, 0.1) is 17.8 Å². The van der Waals surface area contributed by atoms with Crippen LogP contribution in [0.15, 0.2) is 0 Å². The summed E-state index contributed by atoms with van der Waals surface area (Å²) in [6.07, 6.45) is 11.7. The maximum absolute atomic E-state index is 3.86. The average molecular weight is 236 g/mol. The molecule has 0 aromatic rings. The topological polar surface area (TPSA) is 24.1 Å². The van der Waals surface area contributed by atoms with Gasteiger partial charge < -0.3 is 10.6 Å². The van der Waals surface area contributed by atoms with Gasteiger partial charge in [0.05, 0.1) is 0 Å². The molecule has 3 rings (SSSR count). The molecule has 98 valence electrons. The monoisotopic (exact) mass is 236 g/mol. The van der Waals surface area contributed by atoms with E-state index in [1.165, 1.54) is 71.0 Å². The van der Waals surface area contributed by atoms with E-state index in [0.29, 0.717) is 0 Å². The fraction of sp³-hybridized carbons (Fsp3) is 1.00. The molecule has 1 atom stereocenters. The zero-order valence-electron chi connectivity index (χ0n) is 11.1. The molecule has 2 aliphatic carbocycles. The van der Waals surface area contributed by atoms with Gasteiger partial charge in [0.2, 0.25) is 0 Å². The molecule has 0 aromatic carbocycles. The lowest BCUT2D eigenvalue weighted by Gasteiger charge is -2.23. The summed E-state index contributed by atoms with van der Waals surface area (Å²) >= 11 is 0. The van der Waals surface area contributed by atoms with E-state index in [-0.39, 0.29) is 0 Å². The molecule has 0 radical (unpaired) electrons. The second kappa shape index (κ2) is 5.71. The van der Waals surface area contributed by atoms with Crippen LogP contribution in [0.25, 0.3) is 0 Å². The molecule has 3 aliphatic rings. The van der Waals surface area contributed by atoms with E-state index >= 15 is 0 Å². The van der Waals surface area contributed by atoms with Crippen molar-refractivity contribution in [3.8, 4) is 0 Å². The number of piperidine rings is 1. The predicted octanol–water partition coefficient (Wildman–Crippen LogP) is 2.54. The molecular weight excluding hydrogens is 208 g/mol. The summed E-state index contributed by atoms with van der Waals surface area (Å²) in [6.45, 7) is 3.79. The Balaban J connectivity index is 1.28. The van der Waals surface area contributed by atoms with Crippen LogP contribution in [0.5, 0.6) is 0 Å². The third kappa shape index (κ3) is 3.69. The normalized spacial score (nSPS) is 29.8. The van der Waals surface area contributed by atoms with E-state index in [1.54, 1.807) is 0 Å². The van der Waals surface area contributed by atoms with Crippen LogP contribution in [0.3, 0.4) is 0 Å². The van der Waals surface area contributed by atoms with Gasteiger partial charge >= 0.3 is 0 Å². The lowest BCUT2D eigenvalue weighted by Crippen LogP contribution is -2.34. The Morgan fingerprint density at radius 3 is 2.41 bits per heavy atom. The molecule has 1 unspecified atom stereocenters. The van der Waals surface area contributed by atoms with Gasteiger partial charge in [-0.05, 0) is 88.8 Å². The van der Waals surface area contributed by atoms with Gasteiger partial charge in [0, 0.05) is 6.04 Å². The van der Waals surface area contributed by atoms with Crippen LogP contribution >= 0.6 is 0 Å². The van der Waals surface area contributed by atoms with Gasteiger partial charge in [-0.25, -0.2) is 0 Å². The summed E-state index contributed by atoms with van der Waals surface area (Å²) < 4.78 is 0. The molecule has 2 saturated carbocycles. The van der Waals surface area contributed by atoms with Gasteiger partial charge in [-0.15, -0.1) is 0 Å². The summed E-state index contributed by atoms with van der Waals surface area (Å²) in [5, 5.41) is 7.38. The van der Waals surface area contributed by atoms with Crippen LogP contribution in [-0.2, 0) is 0 Å². The lowest BCUT2D eigenvalue weighted by molar-refractivity contribution is 0.338. The molecule has 0 bridgehead atoms. The van der Waals surface area contributed by atoms with E-state index in [9.17, 15) is 0 Å². The van der Waals surface area contributed by atoms with E-state index in [1.807, 2.05) is 0 Å². The van der Waals surface area contributed by atoms with Crippen molar-refractivity contribution in [3.63, 3.8) is 0 Å². The van der Waals surface area contributed by atoms with Gasteiger partial charge in [0.15, 0.2) is 0 Å². The van der Waals surface area contributed by atoms with Gasteiger partial charge in [0.25, 0.3) is 0 Å². The Morgan fingerprint density at radius 2 is 1.82 bits per heavy atom. The second-order valence-electron chi connectivity index (χ2n) is 6.51. The van der Waals surface area contributed by atoms with Crippen LogP contribution in [0.1, 0.15) is 51.4 Å². The van der Waals surface area contributed by atoms with Crippen molar-refractivity contribution in [1.82, 2.24) is 10.6 Å². The number of nitrogens with one attached hydrogen (secondary N) is 2. The third-order valence-electron chi connectivity index (χ3n) is 4.83. The largest absolute Gasteiger partial charge is 0.316 e. The first-order chi connectivity index (χ1) is 8.43. The Labute approximate surface area is 106 Å². The number of hydrogen-bond donors (Lipinski definition) is 2. The van der Waals surface area contributed by atoms with Crippen LogP contribution in [0.4, 0.5) is 0 Å². The van der Waals surface area contributed by atoms with E-state index < -0.39 is 0 Å². The zero-order chi connectivity index (χ0) is 11.5. The fourth-order valence-electron chi connectivity index (χ4n) is 3.46. The lowest BCUT2D eigenvalue weighted by atomic mass is 9.94.